The highest BCUT2D eigenvalue weighted by atomic mass is 14.9. The van der Waals surface area contributed by atoms with Crippen molar-refractivity contribution >= 4 is 0 Å². The zero-order valence-corrected chi connectivity index (χ0v) is 9.40. The summed E-state index contributed by atoms with van der Waals surface area (Å²) in [6.07, 6.45) is 9.04. The van der Waals surface area contributed by atoms with Crippen LogP contribution in [0.1, 0.15) is 46.0 Å². The Hall–Kier alpha value is -0.720. The van der Waals surface area contributed by atoms with Crippen LogP contribution in [0.3, 0.4) is 0 Å². The Bertz CT molecular complexity index is 273. The van der Waals surface area contributed by atoms with Crippen LogP contribution in [-0.2, 0) is 0 Å². The van der Waals surface area contributed by atoms with Gasteiger partial charge >= 0.3 is 0 Å². The second-order valence-electron chi connectivity index (χ2n) is 4.58. The SMILES string of the molecule is CCC1C=C2CCCNC2=C(C)CC1. The molecule has 0 spiro atoms. The monoisotopic (exact) mass is 191 g/mol. The largest absolute Gasteiger partial charge is 0.385 e. The van der Waals surface area contributed by atoms with Crippen LogP contribution >= 0.6 is 0 Å². The molecule has 0 bridgehead atoms. The molecule has 0 aromatic rings. The van der Waals surface area contributed by atoms with Gasteiger partial charge in [-0.15, -0.1) is 0 Å². The minimum atomic E-state index is 0.817. The van der Waals surface area contributed by atoms with Crippen molar-refractivity contribution in [2.45, 2.75) is 46.0 Å². The van der Waals surface area contributed by atoms with E-state index in [0.717, 1.165) is 5.92 Å². The van der Waals surface area contributed by atoms with E-state index in [1.807, 2.05) is 0 Å². The fraction of sp³-hybridized carbons (Fsp3) is 0.692. The molecule has 1 heteroatoms. The lowest BCUT2D eigenvalue weighted by Crippen LogP contribution is -2.23. The number of hydrogen-bond donors (Lipinski definition) is 1. The lowest BCUT2D eigenvalue weighted by Gasteiger charge is -2.22. The summed E-state index contributed by atoms with van der Waals surface area (Å²) in [5.74, 6) is 0.817. The fourth-order valence-electron chi connectivity index (χ4n) is 2.54. The molecule has 2 rings (SSSR count). The van der Waals surface area contributed by atoms with Crippen LogP contribution in [0.15, 0.2) is 22.9 Å². The molecule has 1 atom stereocenters. The minimum Gasteiger partial charge on any atom is -0.385 e. The maximum absolute atomic E-state index is 3.57. The molecule has 1 nitrogen and oxygen atoms in total. The topological polar surface area (TPSA) is 12.0 Å². The van der Waals surface area contributed by atoms with E-state index in [1.54, 1.807) is 11.1 Å². The molecule has 1 unspecified atom stereocenters. The van der Waals surface area contributed by atoms with Crippen molar-refractivity contribution in [3.05, 3.63) is 22.9 Å². The van der Waals surface area contributed by atoms with E-state index in [0.29, 0.717) is 0 Å². The van der Waals surface area contributed by atoms with Gasteiger partial charge < -0.3 is 5.32 Å². The number of fused-ring (bicyclic) bond motifs is 1. The molecule has 1 saturated heterocycles. The molecule has 2 aliphatic rings. The first kappa shape index (κ1) is 9.82. The van der Waals surface area contributed by atoms with Gasteiger partial charge in [0.05, 0.1) is 0 Å². The molecular weight excluding hydrogens is 170 g/mol. The summed E-state index contributed by atoms with van der Waals surface area (Å²) in [5.41, 5.74) is 4.65. The Morgan fingerprint density at radius 3 is 3.07 bits per heavy atom. The predicted molar refractivity (Wildman–Crippen MR) is 61.0 cm³/mol. The summed E-state index contributed by atoms with van der Waals surface area (Å²) in [6.45, 7) is 5.76. The Kier molecular flexibility index (Phi) is 2.95. The molecule has 0 aromatic carbocycles. The molecule has 0 aromatic heterocycles. The first-order valence-electron chi connectivity index (χ1n) is 5.96. The summed E-state index contributed by atoms with van der Waals surface area (Å²) in [4.78, 5) is 0. The third kappa shape index (κ3) is 1.87. The van der Waals surface area contributed by atoms with E-state index in [1.165, 1.54) is 44.3 Å². The van der Waals surface area contributed by atoms with Gasteiger partial charge in [0.2, 0.25) is 0 Å². The molecule has 1 N–H and O–H groups in total. The first-order valence-corrected chi connectivity index (χ1v) is 5.96. The smallest absolute Gasteiger partial charge is 0.0358 e. The van der Waals surface area contributed by atoms with Gasteiger partial charge in [-0.25, -0.2) is 0 Å². The second kappa shape index (κ2) is 4.20. The predicted octanol–water partition coefficient (Wildman–Crippen LogP) is 3.39. The van der Waals surface area contributed by atoms with Gasteiger partial charge in [-0.2, -0.15) is 0 Å². The fourth-order valence-corrected chi connectivity index (χ4v) is 2.54. The molecule has 1 heterocycles. The van der Waals surface area contributed by atoms with Gasteiger partial charge in [0.1, 0.15) is 0 Å². The maximum Gasteiger partial charge on any atom is 0.0358 e. The van der Waals surface area contributed by atoms with E-state index in [9.17, 15) is 0 Å². The van der Waals surface area contributed by atoms with Gasteiger partial charge in [-0.1, -0.05) is 13.0 Å². The lowest BCUT2D eigenvalue weighted by atomic mass is 9.96. The Labute approximate surface area is 87.3 Å². The number of hydrogen-bond acceptors (Lipinski definition) is 1. The van der Waals surface area contributed by atoms with E-state index < -0.39 is 0 Å². The van der Waals surface area contributed by atoms with E-state index in [2.05, 4.69) is 25.2 Å². The average molecular weight is 191 g/mol. The highest BCUT2D eigenvalue weighted by molar-refractivity contribution is 5.37. The van der Waals surface area contributed by atoms with Crippen molar-refractivity contribution in [1.82, 2.24) is 5.32 Å². The number of rotatable bonds is 1. The van der Waals surface area contributed by atoms with Crippen LogP contribution in [0, 0.1) is 5.92 Å². The van der Waals surface area contributed by atoms with Crippen molar-refractivity contribution in [3.63, 3.8) is 0 Å². The van der Waals surface area contributed by atoms with Crippen LogP contribution in [0.2, 0.25) is 0 Å². The Morgan fingerprint density at radius 2 is 2.29 bits per heavy atom. The van der Waals surface area contributed by atoms with Crippen molar-refractivity contribution in [2.24, 2.45) is 5.92 Å². The molecule has 1 aliphatic carbocycles. The van der Waals surface area contributed by atoms with Crippen molar-refractivity contribution in [1.29, 1.82) is 0 Å². The van der Waals surface area contributed by atoms with Crippen LogP contribution in [0.25, 0.3) is 0 Å². The molecule has 1 fully saturated rings. The van der Waals surface area contributed by atoms with Gasteiger partial charge in [0.25, 0.3) is 0 Å². The van der Waals surface area contributed by atoms with Crippen LogP contribution in [-0.4, -0.2) is 6.54 Å². The normalized spacial score (nSPS) is 27.6. The Morgan fingerprint density at radius 1 is 1.43 bits per heavy atom. The number of allylic oxidation sites excluding steroid dienone is 3. The van der Waals surface area contributed by atoms with Crippen LogP contribution < -0.4 is 5.32 Å². The Balaban J connectivity index is 2.26. The number of nitrogens with one attached hydrogen (secondary N) is 1. The highest BCUT2D eigenvalue weighted by Crippen LogP contribution is 2.31. The van der Waals surface area contributed by atoms with Crippen molar-refractivity contribution in [3.8, 4) is 0 Å². The average Bonchev–Trinajstić information content (AvgIpc) is 2.39. The molecule has 1 aliphatic heterocycles. The molecule has 14 heavy (non-hydrogen) atoms. The van der Waals surface area contributed by atoms with E-state index in [4.69, 9.17) is 0 Å². The lowest BCUT2D eigenvalue weighted by molar-refractivity contribution is 0.572. The molecular formula is C13H21N. The highest BCUT2D eigenvalue weighted by Gasteiger charge is 2.18. The summed E-state index contributed by atoms with van der Waals surface area (Å²) >= 11 is 0. The quantitative estimate of drug-likeness (QED) is 0.670. The summed E-state index contributed by atoms with van der Waals surface area (Å²) < 4.78 is 0. The molecule has 0 radical (unpaired) electrons. The van der Waals surface area contributed by atoms with Crippen LogP contribution in [0.5, 0.6) is 0 Å². The third-order valence-corrected chi connectivity index (χ3v) is 3.52. The number of piperidine rings is 1. The minimum absolute atomic E-state index is 0.817. The zero-order valence-electron chi connectivity index (χ0n) is 9.40. The summed E-state index contributed by atoms with van der Waals surface area (Å²) in [7, 11) is 0. The molecule has 78 valence electrons. The second-order valence-corrected chi connectivity index (χ2v) is 4.58. The van der Waals surface area contributed by atoms with Gasteiger partial charge in [-0.3, -0.25) is 0 Å². The van der Waals surface area contributed by atoms with Crippen molar-refractivity contribution in [2.75, 3.05) is 6.54 Å². The molecule has 0 saturated carbocycles. The summed E-state index contributed by atoms with van der Waals surface area (Å²) in [6, 6.07) is 0. The van der Waals surface area contributed by atoms with Gasteiger partial charge in [-0.05, 0) is 56.1 Å². The van der Waals surface area contributed by atoms with Gasteiger partial charge in [0.15, 0.2) is 0 Å². The summed E-state index contributed by atoms with van der Waals surface area (Å²) in [5, 5.41) is 3.57. The standard InChI is InChI=1S/C13H21N/c1-3-11-7-6-10(2)13-12(9-11)5-4-8-14-13/h9,11,14H,3-8H2,1-2H3. The van der Waals surface area contributed by atoms with Crippen molar-refractivity contribution < 1.29 is 0 Å². The third-order valence-electron chi connectivity index (χ3n) is 3.52. The zero-order chi connectivity index (χ0) is 9.97. The first-order chi connectivity index (χ1) is 6.81. The van der Waals surface area contributed by atoms with Crippen LogP contribution in [0.4, 0.5) is 0 Å². The molecule has 0 amide bonds. The maximum atomic E-state index is 3.57. The van der Waals surface area contributed by atoms with E-state index in [-0.39, 0.29) is 0 Å². The van der Waals surface area contributed by atoms with Gasteiger partial charge in [0, 0.05) is 12.2 Å². The van der Waals surface area contributed by atoms with E-state index >= 15 is 0 Å².